The maximum atomic E-state index is 12.0. The fraction of sp³-hybridized carbons (Fsp3) is 0.353. The van der Waals surface area contributed by atoms with Crippen molar-refractivity contribution in [1.82, 2.24) is 5.32 Å². The molecular formula is C17H23N3O. The first-order valence-corrected chi connectivity index (χ1v) is 7.36. The summed E-state index contributed by atoms with van der Waals surface area (Å²) in [5.74, 6) is -0.121. The summed E-state index contributed by atoms with van der Waals surface area (Å²) in [6.45, 7) is 2.53. The SMILES string of the molecule is C[C@H](NC(=O)[C@H](N)CCCN)c1ccc2ccccc2c1. The first kappa shape index (κ1) is 15.5. The van der Waals surface area contributed by atoms with Crippen LogP contribution in [0.2, 0.25) is 0 Å². The molecule has 4 nitrogen and oxygen atoms in total. The van der Waals surface area contributed by atoms with Crippen LogP contribution in [0.5, 0.6) is 0 Å². The standard InChI is InChI=1S/C17H23N3O/c1-12(20-17(21)16(19)7-4-10-18)14-9-8-13-5-2-3-6-15(13)11-14/h2-3,5-6,8-9,11-12,16H,4,7,10,18-19H2,1H3,(H,20,21)/t12-,16+/m0/s1. The molecule has 2 aromatic rings. The van der Waals surface area contributed by atoms with Gasteiger partial charge in [-0.25, -0.2) is 0 Å². The van der Waals surface area contributed by atoms with Gasteiger partial charge >= 0.3 is 0 Å². The Labute approximate surface area is 125 Å². The third-order valence-corrected chi connectivity index (χ3v) is 3.69. The summed E-state index contributed by atoms with van der Waals surface area (Å²) >= 11 is 0. The fourth-order valence-electron chi connectivity index (χ4n) is 2.35. The summed E-state index contributed by atoms with van der Waals surface area (Å²) in [5, 5.41) is 5.33. The lowest BCUT2D eigenvalue weighted by atomic mass is 10.0. The Morgan fingerprint density at radius 3 is 2.62 bits per heavy atom. The van der Waals surface area contributed by atoms with Crippen molar-refractivity contribution in [2.24, 2.45) is 11.5 Å². The van der Waals surface area contributed by atoms with Crippen LogP contribution in [0.4, 0.5) is 0 Å². The summed E-state index contributed by atoms with van der Waals surface area (Å²) < 4.78 is 0. The molecule has 21 heavy (non-hydrogen) atoms. The van der Waals surface area contributed by atoms with Gasteiger partial charge in [0.1, 0.15) is 0 Å². The highest BCUT2D eigenvalue weighted by molar-refractivity contribution is 5.84. The molecule has 0 bridgehead atoms. The number of nitrogens with one attached hydrogen (secondary N) is 1. The molecule has 0 radical (unpaired) electrons. The van der Waals surface area contributed by atoms with E-state index in [4.69, 9.17) is 11.5 Å². The van der Waals surface area contributed by atoms with Gasteiger partial charge in [0.2, 0.25) is 5.91 Å². The Kier molecular flexibility index (Phi) is 5.31. The number of carbonyl (C=O) groups excluding carboxylic acids is 1. The Morgan fingerprint density at radius 2 is 1.90 bits per heavy atom. The molecule has 2 atom stereocenters. The Balaban J connectivity index is 2.04. The van der Waals surface area contributed by atoms with Gasteiger partial charge < -0.3 is 16.8 Å². The average molecular weight is 285 g/mol. The van der Waals surface area contributed by atoms with Gasteiger partial charge in [0.25, 0.3) is 0 Å². The Hall–Kier alpha value is -1.91. The van der Waals surface area contributed by atoms with Gasteiger partial charge in [-0.05, 0) is 48.7 Å². The predicted molar refractivity (Wildman–Crippen MR) is 86.8 cm³/mol. The fourth-order valence-corrected chi connectivity index (χ4v) is 2.35. The Bertz CT molecular complexity index is 612. The van der Waals surface area contributed by atoms with Crippen molar-refractivity contribution in [3.63, 3.8) is 0 Å². The van der Waals surface area contributed by atoms with Gasteiger partial charge in [-0.2, -0.15) is 0 Å². The zero-order chi connectivity index (χ0) is 15.2. The van der Waals surface area contributed by atoms with Crippen molar-refractivity contribution < 1.29 is 4.79 Å². The molecule has 0 aliphatic carbocycles. The van der Waals surface area contributed by atoms with E-state index < -0.39 is 6.04 Å². The van der Waals surface area contributed by atoms with Crippen LogP contribution in [0.15, 0.2) is 42.5 Å². The van der Waals surface area contributed by atoms with Gasteiger partial charge in [-0.15, -0.1) is 0 Å². The lowest BCUT2D eigenvalue weighted by Gasteiger charge is -2.18. The van der Waals surface area contributed by atoms with Crippen LogP contribution in [0.1, 0.15) is 31.4 Å². The molecule has 4 heteroatoms. The first-order chi connectivity index (χ1) is 10.1. The van der Waals surface area contributed by atoms with E-state index >= 15 is 0 Å². The monoisotopic (exact) mass is 285 g/mol. The topological polar surface area (TPSA) is 81.1 Å². The first-order valence-electron chi connectivity index (χ1n) is 7.36. The Morgan fingerprint density at radius 1 is 1.19 bits per heavy atom. The molecule has 2 aromatic carbocycles. The zero-order valence-electron chi connectivity index (χ0n) is 12.4. The summed E-state index contributed by atoms with van der Waals surface area (Å²) in [6, 6.07) is 13.8. The van der Waals surface area contributed by atoms with E-state index in [1.54, 1.807) is 0 Å². The smallest absolute Gasteiger partial charge is 0.237 e. The normalized spacial score (nSPS) is 13.9. The van der Waals surface area contributed by atoms with Crippen molar-refractivity contribution in [1.29, 1.82) is 0 Å². The molecule has 0 saturated heterocycles. The van der Waals surface area contributed by atoms with E-state index in [2.05, 4.69) is 29.6 Å². The highest BCUT2D eigenvalue weighted by Crippen LogP contribution is 2.20. The third kappa shape index (κ3) is 4.03. The van der Waals surface area contributed by atoms with E-state index in [1.165, 1.54) is 10.8 Å². The molecule has 0 fully saturated rings. The van der Waals surface area contributed by atoms with Gasteiger partial charge in [0.05, 0.1) is 12.1 Å². The molecule has 0 heterocycles. The number of amides is 1. The molecule has 1 amide bonds. The van der Waals surface area contributed by atoms with E-state index in [0.29, 0.717) is 13.0 Å². The average Bonchev–Trinajstić information content (AvgIpc) is 2.51. The number of hydrogen-bond acceptors (Lipinski definition) is 3. The quantitative estimate of drug-likeness (QED) is 0.760. The minimum atomic E-state index is -0.489. The number of nitrogens with two attached hydrogens (primary N) is 2. The van der Waals surface area contributed by atoms with E-state index in [1.807, 2.05) is 25.1 Å². The van der Waals surface area contributed by atoms with Crippen LogP contribution in [0.25, 0.3) is 10.8 Å². The molecule has 112 valence electrons. The van der Waals surface area contributed by atoms with Gasteiger partial charge in [-0.3, -0.25) is 4.79 Å². The van der Waals surface area contributed by atoms with Crippen LogP contribution >= 0.6 is 0 Å². The minimum Gasteiger partial charge on any atom is -0.348 e. The van der Waals surface area contributed by atoms with Gasteiger partial charge in [-0.1, -0.05) is 36.4 Å². The van der Waals surface area contributed by atoms with E-state index in [9.17, 15) is 4.79 Å². The number of fused-ring (bicyclic) bond motifs is 1. The van der Waals surface area contributed by atoms with Crippen LogP contribution < -0.4 is 16.8 Å². The van der Waals surface area contributed by atoms with Crippen LogP contribution in [0.3, 0.4) is 0 Å². The van der Waals surface area contributed by atoms with E-state index in [-0.39, 0.29) is 11.9 Å². The maximum absolute atomic E-state index is 12.0. The van der Waals surface area contributed by atoms with Crippen LogP contribution in [-0.4, -0.2) is 18.5 Å². The number of hydrogen-bond donors (Lipinski definition) is 3. The zero-order valence-corrected chi connectivity index (χ0v) is 12.4. The summed E-state index contributed by atoms with van der Waals surface area (Å²) in [6.07, 6.45) is 1.38. The highest BCUT2D eigenvalue weighted by Gasteiger charge is 2.16. The summed E-state index contributed by atoms with van der Waals surface area (Å²) in [4.78, 5) is 12.0. The molecule has 0 aliphatic rings. The lowest BCUT2D eigenvalue weighted by Crippen LogP contribution is -2.41. The molecule has 0 aromatic heterocycles. The molecular weight excluding hydrogens is 262 g/mol. The van der Waals surface area contributed by atoms with Gasteiger partial charge in [0, 0.05) is 0 Å². The third-order valence-electron chi connectivity index (χ3n) is 3.69. The van der Waals surface area contributed by atoms with Crippen LogP contribution in [-0.2, 0) is 4.79 Å². The molecule has 0 unspecified atom stereocenters. The second-order valence-electron chi connectivity index (χ2n) is 5.37. The van der Waals surface area contributed by atoms with Crippen molar-refractivity contribution in [3.8, 4) is 0 Å². The lowest BCUT2D eigenvalue weighted by molar-refractivity contribution is -0.123. The van der Waals surface area contributed by atoms with Crippen molar-refractivity contribution in [2.45, 2.75) is 31.8 Å². The number of benzene rings is 2. The van der Waals surface area contributed by atoms with Crippen LogP contribution in [0, 0.1) is 0 Å². The second kappa shape index (κ2) is 7.20. The minimum absolute atomic E-state index is 0.0639. The van der Waals surface area contributed by atoms with Crippen molar-refractivity contribution in [2.75, 3.05) is 6.54 Å². The molecule has 0 saturated carbocycles. The van der Waals surface area contributed by atoms with Gasteiger partial charge in [0.15, 0.2) is 0 Å². The molecule has 0 aliphatic heterocycles. The van der Waals surface area contributed by atoms with Crippen molar-refractivity contribution in [3.05, 3.63) is 48.0 Å². The highest BCUT2D eigenvalue weighted by atomic mass is 16.2. The molecule has 0 spiro atoms. The number of carbonyl (C=O) groups is 1. The molecule has 5 N–H and O–H groups in total. The van der Waals surface area contributed by atoms with Crippen molar-refractivity contribution >= 4 is 16.7 Å². The summed E-state index contributed by atoms with van der Waals surface area (Å²) in [5.41, 5.74) is 12.4. The maximum Gasteiger partial charge on any atom is 0.237 e. The molecule has 2 rings (SSSR count). The largest absolute Gasteiger partial charge is 0.348 e. The van der Waals surface area contributed by atoms with E-state index in [0.717, 1.165) is 12.0 Å². The predicted octanol–water partition coefficient (Wildman–Crippen LogP) is 2.08. The second-order valence-corrected chi connectivity index (χ2v) is 5.37. The number of rotatable bonds is 6. The summed E-state index contributed by atoms with van der Waals surface area (Å²) in [7, 11) is 0.